The monoisotopic (exact) mass is 256 g/mol. The van der Waals surface area contributed by atoms with Crippen molar-refractivity contribution in [1.29, 1.82) is 0 Å². The minimum Gasteiger partial charge on any atom is -0.326 e. The molecule has 1 aliphatic heterocycles. The molecule has 0 radical (unpaired) electrons. The fourth-order valence-corrected chi connectivity index (χ4v) is 2.49. The lowest BCUT2D eigenvalue weighted by molar-refractivity contribution is -0.116. The Kier molecular flexibility index (Phi) is 2.99. The van der Waals surface area contributed by atoms with E-state index in [1.165, 1.54) is 0 Å². The molecular formula is C15H13FN2O. The summed E-state index contributed by atoms with van der Waals surface area (Å²) in [6.45, 7) is -0.538. The number of nitrogens with zero attached hydrogens (tertiary/aromatic N) is 1. The number of rotatable bonds is 2. The first-order chi connectivity index (χ1) is 9.29. The van der Waals surface area contributed by atoms with Gasteiger partial charge in [0.05, 0.1) is 0 Å². The highest BCUT2D eigenvalue weighted by Gasteiger charge is 2.20. The molecule has 3 nitrogen and oxygen atoms in total. The molecule has 1 aromatic carbocycles. The molecule has 19 heavy (non-hydrogen) atoms. The lowest BCUT2D eigenvalue weighted by Gasteiger charge is -2.21. The Labute approximate surface area is 110 Å². The van der Waals surface area contributed by atoms with Gasteiger partial charge >= 0.3 is 0 Å². The van der Waals surface area contributed by atoms with Crippen molar-refractivity contribution in [3.63, 3.8) is 0 Å². The quantitative estimate of drug-likeness (QED) is 0.897. The Bertz CT molecular complexity index is 626. The zero-order valence-corrected chi connectivity index (χ0v) is 10.3. The molecule has 0 saturated heterocycles. The van der Waals surface area contributed by atoms with Crippen LogP contribution in [0.25, 0.3) is 11.1 Å². The van der Waals surface area contributed by atoms with Gasteiger partial charge in [0.1, 0.15) is 6.67 Å². The average Bonchev–Trinajstić information content (AvgIpc) is 2.46. The maximum Gasteiger partial charge on any atom is 0.224 e. The number of halogens is 1. The molecule has 0 saturated carbocycles. The number of hydrogen-bond donors (Lipinski definition) is 1. The number of fused-ring (bicyclic) bond motifs is 1. The number of anilines is 1. The first kappa shape index (κ1) is 11.8. The summed E-state index contributed by atoms with van der Waals surface area (Å²) in [6.07, 6.45) is 4.42. The van der Waals surface area contributed by atoms with Crippen LogP contribution in [0.5, 0.6) is 0 Å². The zero-order valence-electron chi connectivity index (χ0n) is 10.3. The summed E-state index contributed by atoms with van der Waals surface area (Å²) in [7, 11) is 0. The molecule has 0 spiro atoms. The molecule has 1 amide bonds. The number of pyridine rings is 1. The normalized spacial score (nSPS) is 13.8. The Morgan fingerprint density at radius 2 is 2.16 bits per heavy atom. The molecule has 0 fully saturated rings. The third kappa shape index (κ3) is 2.10. The van der Waals surface area contributed by atoms with Crippen LogP contribution in [0.15, 0.2) is 36.7 Å². The lowest BCUT2D eigenvalue weighted by atomic mass is 9.91. The van der Waals surface area contributed by atoms with Crippen molar-refractivity contribution in [2.24, 2.45) is 0 Å². The van der Waals surface area contributed by atoms with Gasteiger partial charge in [-0.1, -0.05) is 12.1 Å². The maximum absolute atomic E-state index is 13.4. The summed E-state index contributed by atoms with van der Waals surface area (Å²) in [5.41, 5.74) is 4.05. The summed E-state index contributed by atoms with van der Waals surface area (Å²) in [5.74, 6) is -0.00793. The summed E-state index contributed by atoms with van der Waals surface area (Å²) < 4.78 is 13.4. The number of carbonyl (C=O) groups excluding carboxylic acids is 1. The highest BCUT2D eigenvalue weighted by Crippen LogP contribution is 2.34. The van der Waals surface area contributed by atoms with Crippen molar-refractivity contribution < 1.29 is 9.18 Å². The van der Waals surface area contributed by atoms with E-state index in [0.29, 0.717) is 18.4 Å². The van der Waals surface area contributed by atoms with E-state index in [0.717, 1.165) is 22.4 Å². The van der Waals surface area contributed by atoms with E-state index in [1.807, 2.05) is 24.3 Å². The SMILES string of the molecule is O=C1CCc2c(ccc(-c3cccnc3)c2CF)N1. The van der Waals surface area contributed by atoms with Crippen LogP contribution < -0.4 is 5.32 Å². The smallest absolute Gasteiger partial charge is 0.224 e. The van der Waals surface area contributed by atoms with E-state index < -0.39 is 6.67 Å². The van der Waals surface area contributed by atoms with E-state index >= 15 is 0 Å². The van der Waals surface area contributed by atoms with E-state index in [9.17, 15) is 9.18 Å². The largest absolute Gasteiger partial charge is 0.326 e. The number of hydrogen-bond acceptors (Lipinski definition) is 2. The first-order valence-electron chi connectivity index (χ1n) is 6.20. The number of nitrogens with one attached hydrogen (secondary N) is 1. The second kappa shape index (κ2) is 4.80. The van der Waals surface area contributed by atoms with Crippen LogP contribution in [0.3, 0.4) is 0 Å². The van der Waals surface area contributed by atoms with Gasteiger partial charge in [0.25, 0.3) is 0 Å². The summed E-state index contributed by atoms with van der Waals surface area (Å²) in [5, 5.41) is 2.79. The Hall–Kier alpha value is -2.23. The molecule has 0 atom stereocenters. The fraction of sp³-hybridized carbons (Fsp3) is 0.200. The van der Waals surface area contributed by atoms with Crippen LogP contribution >= 0.6 is 0 Å². The number of benzene rings is 1. The van der Waals surface area contributed by atoms with E-state index in [2.05, 4.69) is 10.3 Å². The fourth-order valence-electron chi connectivity index (χ4n) is 2.49. The van der Waals surface area contributed by atoms with Crippen LogP contribution in [-0.2, 0) is 17.9 Å². The number of carbonyl (C=O) groups is 1. The highest BCUT2D eigenvalue weighted by molar-refractivity contribution is 5.95. The molecule has 2 aromatic rings. The Morgan fingerprint density at radius 3 is 2.89 bits per heavy atom. The van der Waals surface area contributed by atoms with Crippen molar-refractivity contribution in [2.75, 3.05) is 5.32 Å². The third-order valence-electron chi connectivity index (χ3n) is 3.41. The van der Waals surface area contributed by atoms with Gasteiger partial charge in [0.15, 0.2) is 0 Å². The predicted octanol–water partition coefficient (Wildman–Crippen LogP) is 3.10. The van der Waals surface area contributed by atoms with Crippen molar-refractivity contribution in [2.45, 2.75) is 19.5 Å². The van der Waals surface area contributed by atoms with Gasteiger partial charge in [-0.05, 0) is 35.2 Å². The zero-order chi connectivity index (χ0) is 13.2. The maximum atomic E-state index is 13.4. The lowest BCUT2D eigenvalue weighted by Crippen LogP contribution is -2.20. The third-order valence-corrected chi connectivity index (χ3v) is 3.41. The predicted molar refractivity (Wildman–Crippen MR) is 71.4 cm³/mol. The van der Waals surface area contributed by atoms with Crippen LogP contribution in [-0.4, -0.2) is 10.9 Å². The number of alkyl halides is 1. The Morgan fingerprint density at radius 1 is 1.26 bits per heavy atom. The first-order valence-corrected chi connectivity index (χ1v) is 6.20. The van der Waals surface area contributed by atoms with Crippen LogP contribution in [0.2, 0.25) is 0 Å². The van der Waals surface area contributed by atoms with E-state index in [1.54, 1.807) is 12.4 Å². The standard InChI is InChI=1S/C15H13FN2O/c16-8-13-11(10-2-1-7-17-9-10)3-5-14-12(13)4-6-15(19)18-14/h1-3,5,7,9H,4,6,8H2,(H,18,19). The number of aromatic nitrogens is 1. The van der Waals surface area contributed by atoms with Gasteiger partial charge in [0.2, 0.25) is 5.91 Å². The molecule has 3 rings (SSSR count). The van der Waals surface area contributed by atoms with Crippen LogP contribution in [0, 0.1) is 0 Å². The second-order valence-electron chi connectivity index (χ2n) is 4.54. The average molecular weight is 256 g/mol. The minimum absolute atomic E-state index is 0.00793. The molecule has 4 heteroatoms. The summed E-state index contributed by atoms with van der Waals surface area (Å²) >= 11 is 0. The molecular weight excluding hydrogens is 243 g/mol. The van der Waals surface area contributed by atoms with Gasteiger partial charge in [-0.3, -0.25) is 9.78 Å². The molecule has 0 bridgehead atoms. The summed E-state index contributed by atoms with van der Waals surface area (Å²) in [6, 6.07) is 7.43. The van der Waals surface area contributed by atoms with Crippen molar-refractivity contribution in [3.05, 3.63) is 47.8 Å². The van der Waals surface area contributed by atoms with E-state index in [-0.39, 0.29) is 5.91 Å². The number of amides is 1. The molecule has 1 N–H and O–H groups in total. The van der Waals surface area contributed by atoms with Crippen LogP contribution in [0.4, 0.5) is 10.1 Å². The summed E-state index contributed by atoms with van der Waals surface area (Å²) in [4.78, 5) is 15.4. The van der Waals surface area contributed by atoms with E-state index in [4.69, 9.17) is 0 Å². The van der Waals surface area contributed by atoms with Gasteiger partial charge in [-0.15, -0.1) is 0 Å². The highest BCUT2D eigenvalue weighted by atomic mass is 19.1. The molecule has 96 valence electrons. The molecule has 0 unspecified atom stereocenters. The van der Waals surface area contributed by atoms with Gasteiger partial charge < -0.3 is 5.32 Å². The van der Waals surface area contributed by atoms with Crippen molar-refractivity contribution >= 4 is 11.6 Å². The molecule has 1 aliphatic rings. The van der Waals surface area contributed by atoms with Gasteiger partial charge in [-0.2, -0.15) is 0 Å². The second-order valence-corrected chi connectivity index (χ2v) is 4.54. The topological polar surface area (TPSA) is 42.0 Å². The minimum atomic E-state index is -0.538. The molecule has 0 aliphatic carbocycles. The van der Waals surface area contributed by atoms with Gasteiger partial charge in [0, 0.05) is 30.1 Å². The van der Waals surface area contributed by atoms with Crippen molar-refractivity contribution in [3.8, 4) is 11.1 Å². The van der Waals surface area contributed by atoms with Gasteiger partial charge in [-0.25, -0.2) is 4.39 Å². The Balaban J connectivity index is 2.15. The molecule has 1 aromatic heterocycles. The van der Waals surface area contributed by atoms with Crippen LogP contribution in [0.1, 0.15) is 17.5 Å². The van der Waals surface area contributed by atoms with Crippen molar-refractivity contribution in [1.82, 2.24) is 4.98 Å². The molecule has 2 heterocycles.